The summed E-state index contributed by atoms with van der Waals surface area (Å²) in [5, 5.41) is 2.86. The van der Waals surface area contributed by atoms with Crippen LogP contribution < -0.4 is 15.8 Å². The lowest BCUT2D eigenvalue weighted by molar-refractivity contribution is 0.0877. The van der Waals surface area contributed by atoms with E-state index >= 15 is 0 Å². The van der Waals surface area contributed by atoms with Crippen LogP contribution in [-0.4, -0.2) is 68.6 Å². The first kappa shape index (κ1) is 21.2. The van der Waals surface area contributed by atoms with E-state index in [-0.39, 0.29) is 11.6 Å². The van der Waals surface area contributed by atoms with Crippen molar-refractivity contribution in [2.24, 2.45) is 5.73 Å². The molecular weight excluding hydrogens is 371 g/mol. The Bertz CT molecular complexity index is 828. The fourth-order valence-corrected chi connectivity index (χ4v) is 3.40. The lowest BCUT2D eigenvalue weighted by Crippen LogP contribution is -2.54. The van der Waals surface area contributed by atoms with E-state index in [0.29, 0.717) is 24.6 Å². The predicted octanol–water partition coefficient (Wildman–Crippen LogP) is 2.09. The molecule has 1 aliphatic heterocycles. The SMILES string of the molecule is CN1CCN(C)C(CNC(=O)c2cc(Oc3ccc(CCN)cc3)ccc2F)C1. The Balaban J connectivity index is 1.64. The van der Waals surface area contributed by atoms with Gasteiger partial charge in [0.05, 0.1) is 5.56 Å². The number of benzene rings is 2. The normalized spacial score (nSPS) is 17.9. The second-order valence-corrected chi connectivity index (χ2v) is 7.53. The van der Waals surface area contributed by atoms with Gasteiger partial charge in [-0.05, 0) is 63.0 Å². The van der Waals surface area contributed by atoms with Crippen molar-refractivity contribution in [1.29, 1.82) is 0 Å². The third-order valence-electron chi connectivity index (χ3n) is 5.25. The number of halogens is 1. The number of rotatable bonds is 7. The molecule has 3 N–H and O–H groups in total. The van der Waals surface area contributed by atoms with Crippen LogP contribution in [0.1, 0.15) is 15.9 Å². The van der Waals surface area contributed by atoms with Crippen LogP contribution in [0.5, 0.6) is 11.5 Å². The largest absolute Gasteiger partial charge is 0.457 e. The number of nitrogens with two attached hydrogens (primary N) is 1. The topological polar surface area (TPSA) is 70.8 Å². The molecule has 1 saturated heterocycles. The summed E-state index contributed by atoms with van der Waals surface area (Å²) in [6.45, 7) is 3.86. The highest BCUT2D eigenvalue weighted by Crippen LogP contribution is 2.24. The molecule has 156 valence electrons. The van der Waals surface area contributed by atoms with Crippen molar-refractivity contribution in [1.82, 2.24) is 15.1 Å². The standard InChI is InChI=1S/C22H29FN4O2/c1-26-11-12-27(2)17(15-26)14-25-22(28)20-13-19(7-8-21(20)23)29-18-5-3-16(4-6-18)9-10-24/h3-8,13,17H,9-12,14-15,24H2,1-2H3,(H,25,28). The molecule has 0 aliphatic carbocycles. The summed E-state index contributed by atoms with van der Waals surface area (Å²) in [5.74, 6) is 0.0309. The zero-order chi connectivity index (χ0) is 20.8. The number of ether oxygens (including phenoxy) is 1. The van der Waals surface area contributed by atoms with E-state index in [1.807, 2.05) is 31.3 Å². The molecule has 0 radical (unpaired) electrons. The van der Waals surface area contributed by atoms with Gasteiger partial charge < -0.3 is 20.7 Å². The van der Waals surface area contributed by atoms with Crippen molar-refractivity contribution in [3.05, 3.63) is 59.4 Å². The van der Waals surface area contributed by atoms with Gasteiger partial charge in [0, 0.05) is 32.2 Å². The predicted molar refractivity (Wildman–Crippen MR) is 112 cm³/mol. The Morgan fingerprint density at radius 2 is 1.90 bits per heavy atom. The van der Waals surface area contributed by atoms with E-state index in [0.717, 1.165) is 31.6 Å². The van der Waals surface area contributed by atoms with Crippen LogP contribution in [0.4, 0.5) is 4.39 Å². The Kier molecular flexibility index (Phi) is 7.19. The second-order valence-electron chi connectivity index (χ2n) is 7.53. The monoisotopic (exact) mass is 400 g/mol. The minimum Gasteiger partial charge on any atom is -0.457 e. The van der Waals surface area contributed by atoms with Gasteiger partial charge in [-0.15, -0.1) is 0 Å². The first-order chi connectivity index (χ1) is 14.0. The number of likely N-dealkylation sites (N-methyl/N-ethyl adjacent to an activating group) is 2. The van der Waals surface area contributed by atoms with Gasteiger partial charge >= 0.3 is 0 Å². The van der Waals surface area contributed by atoms with Crippen LogP contribution in [0.2, 0.25) is 0 Å². The minimum absolute atomic E-state index is 0.0194. The first-order valence-electron chi connectivity index (χ1n) is 9.89. The Morgan fingerprint density at radius 1 is 1.17 bits per heavy atom. The van der Waals surface area contributed by atoms with E-state index in [9.17, 15) is 9.18 Å². The molecule has 1 aliphatic rings. The summed E-state index contributed by atoms with van der Waals surface area (Å²) in [5.41, 5.74) is 6.66. The van der Waals surface area contributed by atoms with E-state index in [1.165, 1.54) is 18.2 Å². The van der Waals surface area contributed by atoms with E-state index < -0.39 is 11.7 Å². The lowest BCUT2D eigenvalue weighted by atomic mass is 10.1. The molecule has 0 bridgehead atoms. The molecule has 1 unspecified atom stereocenters. The van der Waals surface area contributed by atoms with Crippen LogP contribution >= 0.6 is 0 Å². The summed E-state index contributed by atoms with van der Waals surface area (Å²) >= 11 is 0. The minimum atomic E-state index is -0.567. The maximum Gasteiger partial charge on any atom is 0.254 e. The molecule has 1 heterocycles. The molecule has 0 aromatic heterocycles. The molecule has 0 saturated carbocycles. The van der Waals surface area contributed by atoms with Gasteiger partial charge in [-0.25, -0.2) is 4.39 Å². The number of nitrogens with one attached hydrogen (secondary N) is 1. The average Bonchev–Trinajstić information content (AvgIpc) is 2.71. The van der Waals surface area contributed by atoms with Crippen molar-refractivity contribution in [3.63, 3.8) is 0 Å². The van der Waals surface area contributed by atoms with Gasteiger partial charge in [0.25, 0.3) is 5.91 Å². The van der Waals surface area contributed by atoms with Gasteiger partial charge in [-0.2, -0.15) is 0 Å². The highest BCUT2D eigenvalue weighted by Gasteiger charge is 2.23. The van der Waals surface area contributed by atoms with E-state index in [4.69, 9.17) is 10.5 Å². The van der Waals surface area contributed by atoms with Gasteiger partial charge in [0.15, 0.2) is 0 Å². The molecule has 0 spiro atoms. The maximum absolute atomic E-state index is 14.3. The summed E-state index contributed by atoms with van der Waals surface area (Å²) in [4.78, 5) is 17.0. The van der Waals surface area contributed by atoms with Crippen molar-refractivity contribution in [3.8, 4) is 11.5 Å². The molecule has 2 aromatic rings. The molecule has 1 fully saturated rings. The number of amides is 1. The summed E-state index contributed by atoms with van der Waals surface area (Å²) in [7, 11) is 4.10. The van der Waals surface area contributed by atoms with Gasteiger partial charge in [0.1, 0.15) is 17.3 Å². The molecule has 29 heavy (non-hydrogen) atoms. The molecule has 2 aromatic carbocycles. The van der Waals surface area contributed by atoms with Crippen LogP contribution in [-0.2, 0) is 6.42 Å². The van der Waals surface area contributed by atoms with Gasteiger partial charge in [-0.3, -0.25) is 9.69 Å². The molecule has 6 nitrogen and oxygen atoms in total. The fourth-order valence-electron chi connectivity index (χ4n) is 3.40. The number of hydrogen-bond donors (Lipinski definition) is 2. The van der Waals surface area contributed by atoms with Crippen LogP contribution in [0.25, 0.3) is 0 Å². The van der Waals surface area contributed by atoms with Crippen LogP contribution in [0.3, 0.4) is 0 Å². The third kappa shape index (κ3) is 5.76. The smallest absolute Gasteiger partial charge is 0.254 e. The van der Waals surface area contributed by atoms with Crippen molar-refractivity contribution in [2.75, 3.05) is 46.8 Å². The highest BCUT2D eigenvalue weighted by molar-refractivity contribution is 5.94. The average molecular weight is 400 g/mol. The summed E-state index contributed by atoms with van der Waals surface area (Å²) in [6, 6.07) is 12.0. The fraction of sp³-hybridized carbons (Fsp3) is 0.409. The van der Waals surface area contributed by atoms with Crippen molar-refractivity contribution < 1.29 is 13.9 Å². The zero-order valence-corrected chi connectivity index (χ0v) is 17.0. The molecule has 1 atom stereocenters. The summed E-state index contributed by atoms with van der Waals surface area (Å²) in [6.07, 6.45) is 0.799. The van der Waals surface area contributed by atoms with E-state index in [2.05, 4.69) is 22.2 Å². The Labute approximate surface area is 171 Å². The Hall–Kier alpha value is -2.48. The van der Waals surface area contributed by atoms with Crippen molar-refractivity contribution >= 4 is 5.91 Å². The van der Waals surface area contributed by atoms with Gasteiger partial charge in [-0.1, -0.05) is 12.1 Å². The van der Waals surface area contributed by atoms with Crippen LogP contribution in [0, 0.1) is 5.82 Å². The first-order valence-corrected chi connectivity index (χ1v) is 9.89. The molecule has 7 heteroatoms. The summed E-state index contributed by atoms with van der Waals surface area (Å²) < 4.78 is 20.0. The number of hydrogen-bond acceptors (Lipinski definition) is 5. The Morgan fingerprint density at radius 3 is 2.62 bits per heavy atom. The second kappa shape index (κ2) is 9.82. The highest BCUT2D eigenvalue weighted by atomic mass is 19.1. The molecule has 1 amide bonds. The maximum atomic E-state index is 14.3. The number of carbonyl (C=O) groups is 1. The zero-order valence-electron chi connectivity index (χ0n) is 17.0. The lowest BCUT2D eigenvalue weighted by Gasteiger charge is -2.37. The molecular formula is C22H29FN4O2. The third-order valence-corrected chi connectivity index (χ3v) is 5.25. The van der Waals surface area contributed by atoms with Gasteiger partial charge in [0.2, 0.25) is 0 Å². The van der Waals surface area contributed by atoms with E-state index in [1.54, 1.807) is 0 Å². The number of nitrogens with zero attached hydrogens (tertiary/aromatic N) is 2. The number of piperazine rings is 1. The van der Waals surface area contributed by atoms with Crippen LogP contribution in [0.15, 0.2) is 42.5 Å². The van der Waals surface area contributed by atoms with Crippen molar-refractivity contribution in [2.45, 2.75) is 12.5 Å². The molecule has 3 rings (SSSR count). The quantitative estimate of drug-likeness (QED) is 0.745. The number of carbonyl (C=O) groups excluding carboxylic acids is 1.